The molecular formula is C36H44N6O6S. The van der Waals surface area contributed by atoms with Crippen LogP contribution in [-0.2, 0) is 38.0 Å². The topological polar surface area (TPSA) is 158 Å². The summed E-state index contributed by atoms with van der Waals surface area (Å²) in [6.07, 6.45) is 0.964. The Labute approximate surface area is 291 Å². The molecule has 0 saturated carbocycles. The van der Waals surface area contributed by atoms with Crippen molar-refractivity contribution in [1.29, 1.82) is 0 Å². The third-order valence-electron chi connectivity index (χ3n) is 8.20. The van der Waals surface area contributed by atoms with Crippen LogP contribution in [-0.4, -0.2) is 54.7 Å². The Kier molecular flexibility index (Phi) is 13.2. The van der Waals surface area contributed by atoms with Crippen molar-refractivity contribution < 1.29 is 28.2 Å². The van der Waals surface area contributed by atoms with Gasteiger partial charge in [-0.1, -0.05) is 44.2 Å². The number of aryl methyl sites for hydroxylation is 2. The first-order valence-corrected chi connectivity index (χ1v) is 17.0. The van der Waals surface area contributed by atoms with E-state index in [0.717, 1.165) is 22.3 Å². The number of rotatable bonds is 15. The Morgan fingerprint density at radius 1 is 1.02 bits per heavy atom. The molecule has 4 rings (SSSR count). The minimum Gasteiger partial charge on any atom is -0.425 e. The quantitative estimate of drug-likeness (QED) is 0.0858. The highest BCUT2D eigenvalue weighted by molar-refractivity contribution is 7.94. The van der Waals surface area contributed by atoms with Gasteiger partial charge in [-0.25, -0.2) is 4.79 Å². The van der Waals surface area contributed by atoms with Gasteiger partial charge in [0.2, 0.25) is 24.1 Å². The number of benzene rings is 3. The average molecular weight is 689 g/mol. The Morgan fingerprint density at radius 3 is 2.41 bits per heavy atom. The number of amides is 6. The van der Waals surface area contributed by atoms with Gasteiger partial charge in [0.05, 0.1) is 30.9 Å². The lowest BCUT2D eigenvalue weighted by atomic mass is 9.97. The van der Waals surface area contributed by atoms with Crippen LogP contribution in [0.15, 0.2) is 54.6 Å². The van der Waals surface area contributed by atoms with E-state index in [4.69, 9.17) is 4.18 Å². The fourth-order valence-electron chi connectivity index (χ4n) is 5.51. The van der Waals surface area contributed by atoms with Crippen LogP contribution < -0.4 is 30.8 Å². The Hall–Kier alpha value is -4.88. The summed E-state index contributed by atoms with van der Waals surface area (Å²) in [5, 5.41) is 13.8. The van der Waals surface area contributed by atoms with Crippen LogP contribution in [0.3, 0.4) is 0 Å². The number of likely N-dealkylation sites (N-methyl/N-ethyl adjacent to an activating group) is 1. The van der Waals surface area contributed by atoms with Crippen LogP contribution >= 0.6 is 12.0 Å². The molecule has 1 aliphatic rings. The number of carbonyl (C=O) groups is 5. The SMILES string of the molecule is CNCC(=O)Nc1ccc(CSOc2c(CNC(=O)Nc3ccc(C)c(C(C)C)c3)ccc(C)c2CN(C=O)C2CCC(=O)NC2=O)cc1. The molecule has 1 atom stereocenters. The van der Waals surface area contributed by atoms with E-state index in [1.54, 1.807) is 7.05 Å². The Bertz CT molecular complexity index is 1680. The Balaban J connectivity index is 1.53. The summed E-state index contributed by atoms with van der Waals surface area (Å²) in [7, 11) is 1.70. The van der Waals surface area contributed by atoms with E-state index in [0.29, 0.717) is 46.3 Å². The van der Waals surface area contributed by atoms with Crippen LogP contribution in [0.25, 0.3) is 0 Å². The zero-order valence-electron chi connectivity index (χ0n) is 28.5. The molecular weight excluding hydrogens is 644 g/mol. The lowest BCUT2D eigenvalue weighted by molar-refractivity contribution is -0.141. The molecule has 0 aromatic heterocycles. The second-order valence-electron chi connectivity index (χ2n) is 12.2. The third kappa shape index (κ3) is 10.3. The van der Waals surface area contributed by atoms with Crippen LogP contribution in [0.2, 0.25) is 0 Å². The molecule has 49 heavy (non-hydrogen) atoms. The summed E-state index contributed by atoms with van der Waals surface area (Å²) in [6.45, 7) is 8.52. The van der Waals surface area contributed by atoms with E-state index in [2.05, 4.69) is 40.4 Å². The molecule has 0 radical (unpaired) electrons. The number of carbonyl (C=O) groups excluding carboxylic acids is 5. The summed E-state index contributed by atoms with van der Waals surface area (Å²) in [5.74, 6) is 0.209. The van der Waals surface area contributed by atoms with E-state index in [1.807, 2.05) is 68.4 Å². The van der Waals surface area contributed by atoms with Crippen LogP contribution in [0.5, 0.6) is 5.75 Å². The molecule has 5 N–H and O–H groups in total. The minimum atomic E-state index is -0.806. The average Bonchev–Trinajstić information content (AvgIpc) is 3.06. The second-order valence-corrected chi connectivity index (χ2v) is 12.9. The number of hydrogen-bond acceptors (Lipinski definition) is 8. The molecule has 1 fully saturated rings. The van der Waals surface area contributed by atoms with Crippen LogP contribution in [0.4, 0.5) is 16.2 Å². The maximum Gasteiger partial charge on any atom is 0.319 e. The highest BCUT2D eigenvalue weighted by Crippen LogP contribution is 2.33. The molecule has 0 aliphatic carbocycles. The van der Waals surface area contributed by atoms with Crippen molar-refractivity contribution in [2.45, 2.75) is 71.3 Å². The highest BCUT2D eigenvalue weighted by atomic mass is 32.2. The van der Waals surface area contributed by atoms with Crippen molar-refractivity contribution in [2.24, 2.45) is 0 Å². The number of hydrogen-bond donors (Lipinski definition) is 5. The monoisotopic (exact) mass is 688 g/mol. The van der Waals surface area contributed by atoms with E-state index >= 15 is 0 Å². The Morgan fingerprint density at radius 2 is 1.73 bits per heavy atom. The summed E-state index contributed by atoms with van der Waals surface area (Å²) >= 11 is 1.18. The standard InChI is InChI=1S/C36H44N6O6S/c1-22(2)29-16-28(11-7-23(29)3)40-36(47)38-17-26-10-6-24(4)30(19-42(21-43)31-14-15-32(44)41-35(31)46)34(26)48-49-20-25-8-12-27(13-9-25)39-33(45)18-37-5/h6-13,16,21-22,31,37H,14-15,17-20H2,1-5H3,(H,39,45)(H2,38,40,47)(H,41,44,46). The predicted octanol–water partition coefficient (Wildman–Crippen LogP) is 4.90. The smallest absolute Gasteiger partial charge is 0.319 e. The van der Waals surface area contributed by atoms with E-state index < -0.39 is 11.9 Å². The summed E-state index contributed by atoms with van der Waals surface area (Å²) in [4.78, 5) is 62.9. The molecule has 1 unspecified atom stereocenters. The van der Waals surface area contributed by atoms with Gasteiger partial charge in [-0.2, -0.15) is 0 Å². The van der Waals surface area contributed by atoms with E-state index in [-0.39, 0.29) is 50.3 Å². The third-order valence-corrected chi connectivity index (χ3v) is 8.94. The normalized spacial score (nSPS) is 14.2. The maximum atomic E-state index is 13.0. The predicted molar refractivity (Wildman–Crippen MR) is 191 cm³/mol. The number of nitrogens with zero attached hydrogens (tertiary/aromatic N) is 1. The zero-order chi connectivity index (χ0) is 35.5. The van der Waals surface area contributed by atoms with E-state index in [9.17, 15) is 24.0 Å². The van der Waals surface area contributed by atoms with Gasteiger partial charge in [0.1, 0.15) is 11.8 Å². The first-order chi connectivity index (χ1) is 23.5. The largest absolute Gasteiger partial charge is 0.425 e. The van der Waals surface area contributed by atoms with Gasteiger partial charge in [0, 0.05) is 35.5 Å². The van der Waals surface area contributed by atoms with Crippen molar-refractivity contribution in [3.05, 3.63) is 88.0 Å². The first kappa shape index (κ1) is 36.9. The van der Waals surface area contributed by atoms with Crippen LogP contribution in [0.1, 0.15) is 66.0 Å². The number of imide groups is 1. The minimum absolute atomic E-state index is 0.0555. The lowest BCUT2D eigenvalue weighted by Crippen LogP contribution is -2.51. The van der Waals surface area contributed by atoms with Gasteiger partial charge >= 0.3 is 6.03 Å². The molecule has 3 aromatic rings. The summed E-state index contributed by atoms with van der Waals surface area (Å²) in [6, 6.07) is 15.8. The number of urea groups is 1. The summed E-state index contributed by atoms with van der Waals surface area (Å²) in [5.41, 5.74) is 6.78. The van der Waals surface area contributed by atoms with Gasteiger partial charge in [0.25, 0.3) is 0 Å². The molecule has 6 amide bonds. The van der Waals surface area contributed by atoms with Crippen molar-refractivity contribution in [3.63, 3.8) is 0 Å². The molecule has 260 valence electrons. The highest BCUT2D eigenvalue weighted by Gasteiger charge is 2.32. The van der Waals surface area contributed by atoms with Gasteiger partial charge in [-0.15, -0.1) is 0 Å². The van der Waals surface area contributed by atoms with Gasteiger partial charge in [-0.05, 0) is 79.8 Å². The maximum absolute atomic E-state index is 13.0. The van der Waals surface area contributed by atoms with Crippen molar-refractivity contribution in [3.8, 4) is 5.75 Å². The van der Waals surface area contributed by atoms with Gasteiger partial charge in [0.15, 0.2) is 0 Å². The van der Waals surface area contributed by atoms with Crippen LogP contribution in [0, 0.1) is 13.8 Å². The van der Waals surface area contributed by atoms with Gasteiger partial charge in [-0.3, -0.25) is 24.5 Å². The van der Waals surface area contributed by atoms with Crippen molar-refractivity contribution in [1.82, 2.24) is 20.9 Å². The number of piperidine rings is 1. The molecule has 13 heteroatoms. The second kappa shape index (κ2) is 17.5. The van der Waals surface area contributed by atoms with Crippen molar-refractivity contribution in [2.75, 3.05) is 24.2 Å². The molecule has 0 spiro atoms. The lowest BCUT2D eigenvalue weighted by Gasteiger charge is -2.31. The molecule has 1 heterocycles. The van der Waals surface area contributed by atoms with Gasteiger partial charge < -0.3 is 30.4 Å². The number of nitrogens with one attached hydrogen (secondary N) is 5. The van der Waals surface area contributed by atoms with Crippen molar-refractivity contribution >= 4 is 53.6 Å². The molecule has 1 aliphatic heterocycles. The number of anilines is 2. The molecule has 1 saturated heterocycles. The molecule has 3 aromatic carbocycles. The van der Waals surface area contributed by atoms with E-state index in [1.165, 1.54) is 16.9 Å². The zero-order valence-corrected chi connectivity index (χ0v) is 29.3. The fraction of sp³-hybridized carbons (Fsp3) is 0.361. The first-order valence-electron chi connectivity index (χ1n) is 16.1. The fourth-order valence-corrected chi connectivity index (χ4v) is 6.23. The molecule has 0 bridgehead atoms. The molecule has 12 nitrogen and oxygen atoms in total. The summed E-state index contributed by atoms with van der Waals surface area (Å²) < 4.78 is 6.33.